The second-order valence-corrected chi connectivity index (χ2v) is 4.39. The van der Waals surface area contributed by atoms with E-state index in [0.717, 1.165) is 0 Å². The lowest BCUT2D eigenvalue weighted by Gasteiger charge is -2.18. The van der Waals surface area contributed by atoms with E-state index in [9.17, 15) is 15.0 Å². The number of ether oxygens (including phenoxy) is 1. The highest BCUT2D eigenvalue weighted by Gasteiger charge is 2.42. The van der Waals surface area contributed by atoms with Gasteiger partial charge in [-0.2, -0.15) is 4.98 Å². The van der Waals surface area contributed by atoms with Crippen LogP contribution in [0.3, 0.4) is 0 Å². The molecule has 18 heavy (non-hydrogen) atoms. The first-order valence-corrected chi connectivity index (χ1v) is 5.68. The molecule has 1 saturated carbocycles. The summed E-state index contributed by atoms with van der Waals surface area (Å²) in [5, 5.41) is 28.7. The van der Waals surface area contributed by atoms with E-state index < -0.39 is 29.9 Å². The molecule has 4 unspecified atom stereocenters. The van der Waals surface area contributed by atoms with Crippen LogP contribution in [0, 0.1) is 5.92 Å². The smallest absolute Gasteiger partial charge is 0.351 e. The van der Waals surface area contributed by atoms with Gasteiger partial charge in [0, 0.05) is 24.8 Å². The van der Waals surface area contributed by atoms with Gasteiger partial charge in [0.15, 0.2) is 0 Å². The molecule has 0 aliphatic heterocycles. The van der Waals surface area contributed by atoms with Crippen molar-refractivity contribution in [2.24, 2.45) is 5.92 Å². The van der Waals surface area contributed by atoms with E-state index in [2.05, 4.69) is 4.98 Å². The molecule has 1 aromatic rings. The molecule has 4 atom stereocenters. The van der Waals surface area contributed by atoms with Gasteiger partial charge < -0.3 is 20.1 Å². The Morgan fingerprint density at radius 2 is 2.22 bits per heavy atom. The van der Waals surface area contributed by atoms with Crippen LogP contribution in [-0.4, -0.2) is 50.8 Å². The topological polar surface area (TPSA) is 105 Å². The summed E-state index contributed by atoms with van der Waals surface area (Å²) in [5.41, 5.74) is -0.552. The van der Waals surface area contributed by atoms with Gasteiger partial charge in [-0.1, -0.05) is 0 Å². The van der Waals surface area contributed by atoms with Gasteiger partial charge in [0.05, 0.1) is 19.3 Å². The maximum atomic E-state index is 11.7. The third-order valence-electron chi connectivity index (χ3n) is 3.38. The zero-order chi connectivity index (χ0) is 13.3. The fourth-order valence-corrected chi connectivity index (χ4v) is 2.32. The van der Waals surface area contributed by atoms with Crippen molar-refractivity contribution >= 4 is 0 Å². The van der Waals surface area contributed by atoms with E-state index in [0.29, 0.717) is 6.42 Å². The highest BCUT2D eigenvalue weighted by atomic mass is 16.5. The standard InChI is InChI=1S/C11H16N2O5/c1-18-8-2-3-13(11(17)12-8)7-4-6(5-14)9(15)10(7)16/h2-3,6-7,9-10,14-16H,4-5H2,1H3. The zero-order valence-corrected chi connectivity index (χ0v) is 9.93. The van der Waals surface area contributed by atoms with Crippen molar-refractivity contribution in [2.75, 3.05) is 13.7 Å². The first-order chi connectivity index (χ1) is 8.58. The predicted molar refractivity (Wildman–Crippen MR) is 61.3 cm³/mol. The normalized spacial score (nSPS) is 31.6. The Morgan fingerprint density at radius 1 is 1.50 bits per heavy atom. The van der Waals surface area contributed by atoms with E-state index in [1.165, 1.54) is 23.9 Å². The second-order valence-electron chi connectivity index (χ2n) is 4.39. The van der Waals surface area contributed by atoms with Crippen LogP contribution in [0.5, 0.6) is 5.88 Å². The number of hydrogen-bond acceptors (Lipinski definition) is 6. The van der Waals surface area contributed by atoms with Gasteiger partial charge in [0.1, 0.15) is 6.10 Å². The Hall–Kier alpha value is -1.44. The molecule has 0 spiro atoms. The minimum atomic E-state index is -1.09. The Kier molecular flexibility index (Phi) is 3.65. The molecule has 0 radical (unpaired) electrons. The molecule has 0 bridgehead atoms. The monoisotopic (exact) mass is 256 g/mol. The summed E-state index contributed by atoms with van der Waals surface area (Å²) in [6.07, 6.45) is -0.328. The van der Waals surface area contributed by atoms with Gasteiger partial charge >= 0.3 is 5.69 Å². The van der Waals surface area contributed by atoms with Gasteiger partial charge in [-0.15, -0.1) is 0 Å². The first-order valence-electron chi connectivity index (χ1n) is 5.68. The SMILES string of the molecule is COc1ccn(C2CC(CO)C(O)C2O)c(=O)n1. The van der Waals surface area contributed by atoms with Crippen molar-refractivity contribution in [3.05, 3.63) is 22.7 Å². The molecule has 1 aliphatic rings. The number of hydrogen-bond donors (Lipinski definition) is 3. The minimum absolute atomic E-state index is 0.197. The maximum Gasteiger partial charge on any atom is 0.351 e. The molecule has 2 rings (SSSR count). The summed E-state index contributed by atoms with van der Waals surface area (Å²) in [4.78, 5) is 15.4. The van der Waals surface area contributed by atoms with Gasteiger partial charge in [-0.25, -0.2) is 4.79 Å². The van der Waals surface area contributed by atoms with Crippen molar-refractivity contribution < 1.29 is 20.1 Å². The molecule has 100 valence electrons. The Balaban J connectivity index is 2.30. The van der Waals surface area contributed by atoms with Crippen LogP contribution in [0.4, 0.5) is 0 Å². The second kappa shape index (κ2) is 5.05. The lowest BCUT2D eigenvalue weighted by atomic mass is 10.1. The molecular formula is C11H16N2O5. The lowest BCUT2D eigenvalue weighted by molar-refractivity contribution is -0.00457. The molecule has 3 N–H and O–H groups in total. The van der Waals surface area contributed by atoms with Crippen molar-refractivity contribution in [3.8, 4) is 5.88 Å². The van der Waals surface area contributed by atoms with Crippen molar-refractivity contribution in [2.45, 2.75) is 24.7 Å². The summed E-state index contributed by atoms with van der Waals surface area (Å²) in [6, 6.07) is 0.926. The van der Waals surface area contributed by atoms with Gasteiger partial charge in [0.25, 0.3) is 0 Å². The van der Waals surface area contributed by atoms with Crippen molar-refractivity contribution in [3.63, 3.8) is 0 Å². The van der Waals surface area contributed by atoms with Crippen molar-refractivity contribution in [1.82, 2.24) is 9.55 Å². The fourth-order valence-electron chi connectivity index (χ4n) is 2.32. The average molecular weight is 256 g/mol. The van der Waals surface area contributed by atoms with E-state index in [1.54, 1.807) is 0 Å². The van der Waals surface area contributed by atoms with Crippen LogP contribution in [0.25, 0.3) is 0 Å². The van der Waals surface area contributed by atoms with Crippen LogP contribution < -0.4 is 10.4 Å². The van der Waals surface area contributed by atoms with Gasteiger partial charge in [-0.05, 0) is 6.42 Å². The number of nitrogens with zero attached hydrogens (tertiary/aromatic N) is 2. The predicted octanol–water partition coefficient (Wildman–Crippen LogP) is -1.47. The van der Waals surface area contributed by atoms with Crippen LogP contribution in [-0.2, 0) is 0 Å². The molecule has 7 heteroatoms. The quantitative estimate of drug-likeness (QED) is 0.609. The highest BCUT2D eigenvalue weighted by molar-refractivity contribution is 5.07. The highest BCUT2D eigenvalue weighted by Crippen LogP contribution is 2.34. The molecule has 1 aromatic heterocycles. The number of aliphatic hydroxyl groups excluding tert-OH is 3. The Bertz CT molecular complexity index is 475. The number of aromatic nitrogens is 2. The molecular weight excluding hydrogens is 240 g/mol. The summed E-state index contributed by atoms with van der Waals surface area (Å²) in [7, 11) is 1.40. The molecule has 0 amide bonds. The largest absolute Gasteiger partial charge is 0.481 e. The van der Waals surface area contributed by atoms with E-state index >= 15 is 0 Å². The third kappa shape index (κ3) is 2.12. The van der Waals surface area contributed by atoms with Crippen LogP contribution in [0.1, 0.15) is 12.5 Å². The zero-order valence-electron chi connectivity index (χ0n) is 9.93. The number of methoxy groups -OCH3 is 1. The number of aliphatic hydroxyl groups is 3. The maximum absolute atomic E-state index is 11.7. The summed E-state index contributed by atoms with van der Waals surface area (Å²) >= 11 is 0. The molecule has 1 heterocycles. The molecule has 1 fully saturated rings. The summed E-state index contributed by atoms with van der Waals surface area (Å²) in [6.45, 7) is -0.229. The molecule has 1 aliphatic carbocycles. The average Bonchev–Trinajstić information content (AvgIpc) is 2.66. The van der Waals surface area contributed by atoms with Gasteiger partial charge in [-0.3, -0.25) is 4.57 Å². The molecule has 7 nitrogen and oxygen atoms in total. The fraction of sp³-hybridized carbons (Fsp3) is 0.636. The molecule has 0 aromatic carbocycles. The van der Waals surface area contributed by atoms with E-state index in [1.807, 2.05) is 0 Å². The van der Waals surface area contributed by atoms with Gasteiger partial charge in [0.2, 0.25) is 5.88 Å². The van der Waals surface area contributed by atoms with Crippen molar-refractivity contribution in [1.29, 1.82) is 0 Å². The van der Waals surface area contributed by atoms with E-state index in [-0.39, 0.29) is 12.5 Å². The lowest BCUT2D eigenvalue weighted by Crippen LogP contribution is -2.34. The van der Waals surface area contributed by atoms with Crippen LogP contribution in [0.2, 0.25) is 0 Å². The molecule has 0 saturated heterocycles. The van der Waals surface area contributed by atoms with E-state index in [4.69, 9.17) is 9.84 Å². The summed E-state index contributed by atoms with van der Waals surface area (Å²) < 4.78 is 6.08. The Labute approximate surface area is 103 Å². The van der Waals surface area contributed by atoms with Crippen LogP contribution >= 0.6 is 0 Å². The third-order valence-corrected chi connectivity index (χ3v) is 3.38. The first kappa shape index (κ1) is 13.0. The summed E-state index contributed by atoms with van der Waals surface area (Å²) in [5.74, 6) is -0.234. The Morgan fingerprint density at radius 3 is 2.72 bits per heavy atom. The number of rotatable bonds is 3. The minimum Gasteiger partial charge on any atom is -0.481 e. The van der Waals surface area contributed by atoms with Crippen LogP contribution in [0.15, 0.2) is 17.1 Å².